The lowest BCUT2D eigenvalue weighted by Crippen LogP contribution is -2.19. The second-order valence-corrected chi connectivity index (χ2v) is 6.46. The molecule has 18 heavy (non-hydrogen) atoms. The standard InChI is InChI=1S/C14H18BrClFN/c1-9-3-2-4-11(6-5-9)18-14-12(15)7-10(17)8-13(14)16/h7-9,11,18H,2-6H2,1H3. The molecule has 1 aliphatic rings. The lowest BCUT2D eigenvalue weighted by atomic mass is 10.0. The molecule has 100 valence electrons. The number of nitrogens with one attached hydrogen (secondary N) is 1. The third-order valence-corrected chi connectivity index (χ3v) is 4.54. The van der Waals surface area contributed by atoms with Gasteiger partial charge in [0.25, 0.3) is 0 Å². The number of anilines is 1. The first-order chi connectivity index (χ1) is 8.56. The van der Waals surface area contributed by atoms with Gasteiger partial charge < -0.3 is 5.32 Å². The van der Waals surface area contributed by atoms with Crippen LogP contribution in [0.2, 0.25) is 5.02 Å². The molecule has 0 amide bonds. The van der Waals surface area contributed by atoms with E-state index in [-0.39, 0.29) is 5.82 Å². The Hall–Kier alpha value is -0.280. The highest BCUT2D eigenvalue weighted by Crippen LogP contribution is 2.34. The summed E-state index contributed by atoms with van der Waals surface area (Å²) in [7, 11) is 0. The zero-order valence-corrected chi connectivity index (χ0v) is 12.8. The first-order valence-corrected chi connectivity index (χ1v) is 7.64. The summed E-state index contributed by atoms with van der Waals surface area (Å²) in [5.74, 6) is 0.496. The summed E-state index contributed by atoms with van der Waals surface area (Å²) in [5.41, 5.74) is 0.817. The van der Waals surface area contributed by atoms with Gasteiger partial charge in [0.05, 0.1) is 10.7 Å². The number of halogens is 3. The van der Waals surface area contributed by atoms with Crippen LogP contribution < -0.4 is 5.32 Å². The molecule has 0 radical (unpaired) electrons. The Balaban J connectivity index is 2.09. The summed E-state index contributed by atoms with van der Waals surface area (Å²) in [6.07, 6.45) is 6.10. The average molecular weight is 335 g/mol. The number of benzene rings is 1. The van der Waals surface area contributed by atoms with Gasteiger partial charge in [0.1, 0.15) is 5.82 Å². The molecule has 1 saturated carbocycles. The van der Waals surface area contributed by atoms with Gasteiger partial charge in [0, 0.05) is 10.5 Å². The lowest BCUT2D eigenvalue weighted by molar-refractivity contribution is 0.502. The zero-order valence-electron chi connectivity index (χ0n) is 10.5. The minimum absolute atomic E-state index is 0.313. The molecule has 1 aliphatic carbocycles. The van der Waals surface area contributed by atoms with Crippen molar-refractivity contribution in [2.45, 2.75) is 45.1 Å². The van der Waals surface area contributed by atoms with E-state index < -0.39 is 0 Å². The molecule has 1 nitrogen and oxygen atoms in total. The van der Waals surface area contributed by atoms with E-state index in [1.807, 2.05) is 0 Å². The van der Waals surface area contributed by atoms with Gasteiger partial charge in [0.2, 0.25) is 0 Å². The fourth-order valence-electron chi connectivity index (χ4n) is 2.52. The van der Waals surface area contributed by atoms with Crippen LogP contribution in [0.3, 0.4) is 0 Å². The van der Waals surface area contributed by atoms with Crippen molar-refractivity contribution in [2.75, 3.05) is 5.32 Å². The van der Waals surface area contributed by atoms with E-state index in [4.69, 9.17) is 11.6 Å². The second kappa shape index (κ2) is 6.25. The quantitative estimate of drug-likeness (QED) is 0.692. The van der Waals surface area contributed by atoms with Gasteiger partial charge in [-0.1, -0.05) is 31.4 Å². The topological polar surface area (TPSA) is 12.0 Å². The van der Waals surface area contributed by atoms with Crippen LogP contribution in [0.25, 0.3) is 0 Å². The van der Waals surface area contributed by atoms with Crippen LogP contribution in [-0.2, 0) is 0 Å². The number of hydrogen-bond acceptors (Lipinski definition) is 1. The summed E-state index contributed by atoms with van der Waals surface area (Å²) in [5, 5.41) is 3.90. The molecule has 2 unspecified atom stereocenters. The van der Waals surface area contributed by atoms with Crippen molar-refractivity contribution < 1.29 is 4.39 Å². The molecule has 1 aromatic carbocycles. The Kier molecular flexibility index (Phi) is 4.91. The minimum Gasteiger partial charge on any atom is -0.380 e. The van der Waals surface area contributed by atoms with Gasteiger partial charge in [0.15, 0.2) is 0 Å². The van der Waals surface area contributed by atoms with E-state index in [2.05, 4.69) is 28.2 Å². The summed E-state index contributed by atoms with van der Waals surface area (Å²) in [6.45, 7) is 2.31. The van der Waals surface area contributed by atoms with Gasteiger partial charge in [-0.25, -0.2) is 4.39 Å². The number of hydrogen-bond donors (Lipinski definition) is 1. The summed E-state index contributed by atoms with van der Waals surface area (Å²) in [6, 6.07) is 3.25. The van der Waals surface area contributed by atoms with E-state index in [0.29, 0.717) is 15.5 Å². The molecule has 0 saturated heterocycles. The van der Waals surface area contributed by atoms with Crippen LogP contribution in [0, 0.1) is 11.7 Å². The van der Waals surface area contributed by atoms with Gasteiger partial charge in [-0.15, -0.1) is 0 Å². The zero-order chi connectivity index (χ0) is 13.1. The smallest absolute Gasteiger partial charge is 0.125 e. The van der Waals surface area contributed by atoms with E-state index in [1.54, 1.807) is 0 Å². The first kappa shape index (κ1) is 14.1. The molecule has 0 aliphatic heterocycles. The van der Waals surface area contributed by atoms with E-state index in [9.17, 15) is 4.39 Å². The largest absolute Gasteiger partial charge is 0.380 e. The lowest BCUT2D eigenvalue weighted by Gasteiger charge is -2.20. The average Bonchev–Trinajstić information content (AvgIpc) is 2.48. The molecule has 1 aromatic rings. The number of rotatable bonds is 2. The van der Waals surface area contributed by atoms with Gasteiger partial charge in [-0.3, -0.25) is 0 Å². The van der Waals surface area contributed by atoms with Crippen molar-refractivity contribution in [2.24, 2.45) is 5.92 Å². The minimum atomic E-state index is -0.313. The van der Waals surface area contributed by atoms with Gasteiger partial charge in [-0.05, 0) is 53.2 Å². The monoisotopic (exact) mass is 333 g/mol. The van der Waals surface area contributed by atoms with Crippen molar-refractivity contribution in [1.29, 1.82) is 0 Å². The van der Waals surface area contributed by atoms with Gasteiger partial charge in [-0.2, -0.15) is 0 Å². The van der Waals surface area contributed by atoms with Crippen molar-refractivity contribution in [3.63, 3.8) is 0 Å². The van der Waals surface area contributed by atoms with Crippen molar-refractivity contribution in [3.8, 4) is 0 Å². The fraction of sp³-hybridized carbons (Fsp3) is 0.571. The molecule has 1 fully saturated rings. The normalized spacial score (nSPS) is 24.7. The van der Waals surface area contributed by atoms with Crippen molar-refractivity contribution >= 4 is 33.2 Å². The van der Waals surface area contributed by atoms with Crippen LogP contribution in [0.5, 0.6) is 0 Å². The maximum absolute atomic E-state index is 13.2. The van der Waals surface area contributed by atoms with E-state index >= 15 is 0 Å². The molecule has 2 atom stereocenters. The molecule has 1 N–H and O–H groups in total. The van der Waals surface area contributed by atoms with E-state index in [1.165, 1.54) is 31.4 Å². The molecular weight excluding hydrogens is 317 g/mol. The predicted octanol–water partition coefficient (Wildman–Crippen LogP) is 5.62. The maximum atomic E-state index is 13.2. The van der Waals surface area contributed by atoms with Crippen LogP contribution in [0.1, 0.15) is 39.0 Å². The first-order valence-electron chi connectivity index (χ1n) is 6.47. The molecular formula is C14H18BrClFN. The molecule has 4 heteroatoms. The summed E-state index contributed by atoms with van der Waals surface area (Å²) in [4.78, 5) is 0. The highest BCUT2D eigenvalue weighted by Gasteiger charge is 2.18. The Morgan fingerprint density at radius 1 is 1.28 bits per heavy atom. The third-order valence-electron chi connectivity index (χ3n) is 3.61. The fourth-order valence-corrected chi connectivity index (χ4v) is 3.44. The SMILES string of the molecule is CC1CCCC(Nc2c(Cl)cc(F)cc2Br)CC1. The van der Waals surface area contributed by atoms with Crippen molar-refractivity contribution in [3.05, 3.63) is 27.4 Å². The highest BCUT2D eigenvalue weighted by molar-refractivity contribution is 9.10. The van der Waals surface area contributed by atoms with Crippen LogP contribution in [0.15, 0.2) is 16.6 Å². The van der Waals surface area contributed by atoms with Gasteiger partial charge >= 0.3 is 0 Å². The van der Waals surface area contributed by atoms with Crippen LogP contribution in [-0.4, -0.2) is 6.04 Å². The third kappa shape index (κ3) is 3.61. The van der Waals surface area contributed by atoms with E-state index in [0.717, 1.165) is 24.4 Å². The van der Waals surface area contributed by atoms with Crippen LogP contribution >= 0.6 is 27.5 Å². The molecule has 2 rings (SSSR count). The second-order valence-electron chi connectivity index (χ2n) is 5.20. The molecule has 0 heterocycles. The Morgan fingerprint density at radius 2 is 2.06 bits per heavy atom. The molecule has 0 spiro atoms. The van der Waals surface area contributed by atoms with Crippen molar-refractivity contribution in [1.82, 2.24) is 0 Å². The predicted molar refractivity (Wildman–Crippen MR) is 78.8 cm³/mol. The van der Waals surface area contributed by atoms with Crippen LogP contribution in [0.4, 0.5) is 10.1 Å². The maximum Gasteiger partial charge on any atom is 0.125 e. The Labute approximate surface area is 121 Å². The molecule has 0 bridgehead atoms. The summed E-state index contributed by atoms with van der Waals surface area (Å²) < 4.78 is 13.9. The molecule has 0 aromatic heterocycles. The highest BCUT2D eigenvalue weighted by atomic mass is 79.9. The Morgan fingerprint density at radius 3 is 2.78 bits per heavy atom. The Bertz CT molecular complexity index is 401. The summed E-state index contributed by atoms with van der Waals surface area (Å²) >= 11 is 9.46.